The Morgan fingerprint density at radius 2 is 1.85 bits per heavy atom. The molecule has 0 aliphatic carbocycles. The predicted octanol–water partition coefficient (Wildman–Crippen LogP) is 5.68. The second-order valence-electron chi connectivity index (χ2n) is 6.12. The number of halogens is 3. The number of nitrogens with one attached hydrogen (secondary N) is 1. The summed E-state index contributed by atoms with van der Waals surface area (Å²) in [5.41, 5.74) is 1.21. The molecule has 0 saturated heterocycles. The van der Waals surface area contributed by atoms with Crippen molar-refractivity contribution in [2.45, 2.75) is 30.3 Å². The molecule has 2 aromatic carbocycles. The number of aryl methyl sites for hydroxylation is 1. The molecule has 1 aromatic heterocycles. The van der Waals surface area contributed by atoms with Gasteiger partial charge in [0.15, 0.2) is 0 Å². The first-order valence-electron chi connectivity index (χ1n) is 8.25. The van der Waals surface area contributed by atoms with Gasteiger partial charge in [0.05, 0.1) is 21.4 Å². The summed E-state index contributed by atoms with van der Waals surface area (Å²) in [5.74, 6) is -0.382. The zero-order valence-electron chi connectivity index (χ0n) is 14.7. The van der Waals surface area contributed by atoms with Crippen LogP contribution in [0.3, 0.4) is 0 Å². The number of hydrogen-bond donors (Lipinski definition) is 1. The minimum absolute atomic E-state index is 0.116. The van der Waals surface area contributed by atoms with Gasteiger partial charge in [-0.25, -0.2) is 4.98 Å². The van der Waals surface area contributed by atoms with Crippen LogP contribution in [-0.4, -0.2) is 16.1 Å². The summed E-state index contributed by atoms with van der Waals surface area (Å²) in [5, 5.41) is 3.75. The van der Waals surface area contributed by atoms with Gasteiger partial charge in [0.1, 0.15) is 0 Å². The van der Waals surface area contributed by atoms with Gasteiger partial charge in [-0.05, 0) is 49.7 Å². The van der Waals surface area contributed by atoms with Crippen molar-refractivity contribution >= 4 is 34.3 Å². The molecule has 7 heteroatoms. The molecule has 27 heavy (non-hydrogen) atoms. The van der Waals surface area contributed by atoms with Gasteiger partial charge in [-0.1, -0.05) is 36.0 Å². The number of thioether (sulfide) groups is 1. The molecule has 1 unspecified atom stereocenters. The molecule has 0 radical (unpaired) electrons. The quantitative estimate of drug-likeness (QED) is 0.583. The van der Waals surface area contributed by atoms with Gasteiger partial charge in [-0.2, -0.15) is 13.2 Å². The number of hydrogen-bond acceptors (Lipinski definition) is 3. The second kappa shape index (κ2) is 7.60. The van der Waals surface area contributed by atoms with Crippen molar-refractivity contribution in [3.05, 3.63) is 65.7 Å². The van der Waals surface area contributed by atoms with Crippen molar-refractivity contribution in [1.29, 1.82) is 0 Å². The SMILES string of the molecule is Cc1cc(SC(C)C(=O)Nc2cccc(C(F)(F)F)c2)nc2ccccc12. The Labute approximate surface area is 159 Å². The van der Waals surface area contributed by atoms with E-state index in [9.17, 15) is 18.0 Å². The van der Waals surface area contributed by atoms with Crippen molar-refractivity contribution < 1.29 is 18.0 Å². The number of carbonyl (C=O) groups excluding carboxylic acids is 1. The highest BCUT2D eigenvalue weighted by Crippen LogP contribution is 2.31. The van der Waals surface area contributed by atoms with Gasteiger partial charge in [0.2, 0.25) is 5.91 Å². The van der Waals surface area contributed by atoms with Crippen molar-refractivity contribution in [2.24, 2.45) is 0 Å². The van der Waals surface area contributed by atoms with Crippen LogP contribution in [0.5, 0.6) is 0 Å². The van der Waals surface area contributed by atoms with Gasteiger partial charge < -0.3 is 5.32 Å². The number of rotatable bonds is 4. The molecular weight excluding hydrogens is 373 g/mol. The summed E-state index contributed by atoms with van der Waals surface area (Å²) in [4.78, 5) is 16.9. The van der Waals surface area contributed by atoms with E-state index in [4.69, 9.17) is 0 Å². The fraction of sp³-hybridized carbons (Fsp3) is 0.200. The van der Waals surface area contributed by atoms with Crippen LogP contribution in [0.2, 0.25) is 0 Å². The van der Waals surface area contributed by atoms with Gasteiger partial charge in [-0.3, -0.25) is 4.79 Å². The van der Waals surface area contributed by atoms with Crippen molar-refractivity contribution in [2.75, 3.05) is 5.32 Å². The maximum absolute atomic E-state index is 12.8. The molecule has 3 nitrogen and oxygen atoms in total. The molecular formula is C20H17F3N2OS. The minimum Gasteiger partial charge on any atom is -0.325 e. The highest BCUT2D eigenvalue weighted by atomic mass is 32.2. The summed E-state index contributed by atoms with van der Waals surface area (Å²) < 4.78 is 38.4. The van der Waals surface area contributed by atoms with Crippen LogP contribution in [-0.2, 0) is 11.0 Å². The lowest BCUT2D eigenvalue weighted by molar-refractivity contribution is -0.137. The number of pyridine rings is 1. The predicted molar refractivity (Wildman–Crippen MR) is 102 cm³/mol. The number of nitrogens with zero attached hydrogens (tertiary/aromatic N) is 1. The molecule has 0 spiro atoms. The van der Waals surface area contributed by atoms with E-state index in [0.717, 1.165) is 28.6 Å². The monoisotopic (exact) mass is 390 g/mol. The highest BCUT2D eigenvalue weighted by molar-refractivity contribution is 8.00. The van der Waals surface area contributed by atoms with Crippen LogP contribution in [0, 0.1) is 6.92 Å². The van der Waals surface area contributed by atoms with Crippen LogP contribution in [0.4, 0.5) is 18.9 Å². The third-order valence-corrected chi connectivity index (χ3v) is 5.04. The standard InChI is InChI=1S/C20H17F3N2OS/c1-12-10-18(25-17-9-4-3-8-16(12)17)27-13(2)19(26)24-15-7-5-6-14(11-15)20(21,22)23/h3-11,13H,1-2H3,(H,24,26). The smallest absolute Gasteiger partial charge is 0.325 e. The maximum Gasteiger partial charge on any atom is 0.416 e. The Kier molecular flexibility index (Phi) is 5.41. The number of anilines is 1. The van der Waals surface area contributed by atoms with Gasteiger partial charge >= 0.3 is 6.18 Å². The highest BCUT2D eigenvalue weighted by Gasteiger charge is 2.30. The van der Waals surface area contributed by atoms with Gasteiger partial charge in [-0.15, -0.1) is 0 Å². The zero-order chi connectivity index (χ0) is 19.6. The molecule has 0 fully saturated rings. The molecule has 0 bridgehead atoms. The fourth-order valence-electron chi connectivity index (χ4n) is 2.63. The topological polar surface area (TPSA) is 42.0 Å². The second-order valence-corrected chi connectivity index (χ2v) is 7.48. The van der Waals surface area contributed by atoms with E-state index < -0.39 is 17.0 Å². The normalized spacial score (nSPS) is 12.8. The molecule has 3 aromatic rings. The summed E-state index contributed by atoms with van der Waals surface area (Å²) >= 11 is 1.26. The van der Waals surface area contributed by atoms with Crippen LogP contribution >= 0.6 is 11.8 Å². The Morgan fingerprint density at radius 1 is 1.11 bits per heavy atom. The van der Waals surface area contributed by atoms with Crippen LogP contribution in [0.1, 0.15) is 18.1 Å². The van der Waals surface area contributed by atoms with Crippen LogP contribution in [0.15, 0.2) is 59.6 Å². The van der Waals surface area contributed by atoms with Crippen molar-refractivity contribution in [1.82, 2.24) is 4.98 Å². The maximum atomic E-state index is 12.8. The summed E-state index contributed by atoms with van der Waals surface area (Å²) in [7, 11) is 0. The largest absolute Gasteiger partial charge is 0.416 e. The molecule has 3 rings (SSSR count). The fourth-order valence-corrected chi connectivity index (χ4v) is 3.55. The average Bonchev–Trinajstić information content (AvgIpc) is 2.61. The van der Waals surface area contributed by atoms with E-state index in [2.05, 4.69) is 10.3 Å². The van der Waals surface area contributed by atoms with E-state index >= 15 is 0 Å². The summed E-state index contributed by atoms with van der Waals surface area (Å²) in [6.07, 6.45) is -4.45. The van der Waals surface area contributed by atoms with Crippen molar-refractivity contribution in [3.8, 4) is 0 Å². The summed E-state index contributed by atoms with van der Waals surface area (Å²) in [6, 6.07) is 14.2. The zero-order valence-corrected chi connectivity index (χ0v) is 15.5. The molecule has 0 aliphatic heterocycles. The third-order valence-electron chi connectivity index (χ3n) is 4.02. The lowest BCUT2D eigenvalue weighted by Gasteiger charge is -2.14. The molecule has 1 atom stereocenters. The lowest BCUT2D eigenvalue weighted by Crippen LogP contribution is -2.22. The van der Waals surface area contributed by atoms with Crippen molar-refractivity contribution in [3.63, 3.8) is 0 Å². The number of aromatic nitrogens is 1. The Hall–Kier alpha value is -2.54. The first-order chi connectivity index (χ1) is 12.7. The molecule has 0 aliphatic rings. The number of benzene rings is 2. The van der Waals surface area contributed by atoms with Gasteiger partial charge in [0.25, 0.3) is 0 Å². The number of para-hydroxylation sites is 1. The van der Waals surface area contributed by atoms with E-state index in [0.29, 0.717) is 5.03 Å². The molecule has 0 saturated carbocycles. The molecule has 1 heterocycles. The van der Waals surface area contributed by atoms with E-state index in [-0.39, 0.29) is 11.6 Å². The number of alkyl halides is 3. The van der Waals surface area contributed by atoms with E-state index in [1.165, 1.54) is 23.9 Å². The van der Waals surface area contributed by atoms with Gasteiger partial charge in [0, 0.05) is 11.1 Å². The number of carbonyl (C=O) groups is 1. The van der Waals surface area contributed by atoms with E-state index in [1.54, 1.807) is 6.92 Å². The van der Waals surface area contributed by atoms with Crippen LogP contribution in [0.25, 0.3) is 10.9 Å². The Bertz CT molecular complexity index is 988. The molecule has 140 valence electrons. The first-order valence-corrected chi connectivity index (χ1v) is 9.13. The third kappa shape index (κ3) is 4.60. The Morgan fingerprint density at radius 3 is 2.59 bits per heavy atom. The molecule has 1 N–H and O–H groups in total. The number of amides is 1. The number of fused-ring (bicyclic) bond motifs is 1. The lowest BCUT2D eigenvalue weighted by atomic mass is 10.1. The first kappa shape index (κ1) is 19.2. The minimum atomic E-state index is -4.45. The van der Waals surface area contributed by atoms with Crippen LogP contribution < -0.4 is 5.32 Å². The Balaban J connectivity index is 1.73. The molecule has 1 amide bonds. The summed E-state index contributed by atoms with van der Waals surface area (Å²) in [6.45, 7) is 3.67. The van der Waals surface area contributed by atoms with E-state index in [1.807, 2.05) is 37.3 Å². The average molecular weight is 390 g/mol.